The quantitative estimate of drug-likeness (QED) is 0.158. The molecule has 11 aromatic rings. The zero-order valence-electron chi connectivity index (χ0n) is 38.3. The molecule has 0 radical (unpaired) electrons. The molecule has 0 saturated heterocycles. The van der Waals surface area contributed by atoms with E-state index in [9.17, 15) is 0 Å². The van der Waals surface area contributed by atoms with Crippen molar-refractivity contribution in [3.8, 4) is 39.1 Å². The maximum absolute atomic E-state index is 9.05. The lowest BCUT2D eigenvalue weighted by atomic mass is 9.95. The molecule has 0 aliphatic rings. The molecule has 58 heavy (non-hydrogen) atoms. The number of hydrogen-bond donors (Lipinski definition) is 0. The number of fused-ring (bicyclic) bond motifs is 5. The summed E-state index contributed by atoms with van der Waals surface area (Å²) in [5.41, 5.74) is 10.7. The fourth-order valence-corrected chi connectivity index (χ4v) is 8.55. The van der Waals surface area contributed by atoms with Gasteiger partial charge in [-0.2, -0.15) is 0 Å². The van der Waals surface area contributed by atoms with Crippen molar-refractivity contribution in [3.05, 3.63) is 230 Å². The van der Waals surface area contributed by atoms with Gasteiger partial charge in [0.05, 0.1) is 37.7 Å². The number of hydrogen-bond acceptors (Lipinski definition) is 1. The smallest absolute Gasteiger partial charge is 0.0629 e. The van der Waals surface area contributed by atoms with Crippen molar-refractivity contribution in [2.45, 2.75) is 0 Å². The zero-order valence-corrected chi connectivity index (χ0v) is 31.3. The summed E-state index contributed by atoms with van der Waals surface area (Å²) < 4.78 is 63.2. The van der Waals surface area contributed by atoms with E-state index in [4.69, 9.17) is 9.60 Å². The van der Waals surface area contributed by atoms with E-state index < -0.39 is 30.2 Å². The van der Waals surface area contributed by atoms with Crippen molar-refractivity contribution in [2.75, 3.05) is 4.90 Å². The Bertz CT molecular complexity index is 3680. The number of para-hydroxylation sites is 3. The van der Waals surface area contributed by atoms with Gasteiger partial charge in [-0.1, -0.05) is 188 Å². The summed E-state index contributed by atoms with van der Waals surface area (Å²) in [7, 11) is 0. The first-order chi connectivity index (χ1) is 31.7. The van der Waals surface area contributed by atoms with Crippen LogP contribution in [0.1, 0.15) is 9.60 Å². The van der Waals surface area contributed by atoms with Crippen LogP contribution < -0.4 is 4.90 Å². The molecule has 11 rings (SSSR count). The van der Waals surface area contributed by atoms with Gasteiger partial charge in [0.2, 0.25) is 0 Å². The van der Waals surface area contributed by atoms with E-state index in [0.717, 1.165) is 72.2 Å². The molecule has 0 aliphatic carbocycles. The highest BCUT2D eigenvalue weighted by molar-refractivity contribution is 6.17. The van der Waals surface area contributed by atoms with Crippen molar-refractivity contribution in [1.82, 2.24) is 4.57 Å². The van der Waals surface area contributed by atoms with Crippen LogP contribution in [-0.4, -0.2) is 4.57 Å². The Kier molecular flexibility index (Phi) is 6.57. The lowest BCUT2D eigenvalue weighted by Crippen LogP contribution is -2.12. The predicted octanol–water partition coefficient (Wildman–Crippen LogP) is 15.6. The minimum absolute atomic E-state index is 0.0575. The molecule has 272 valence electrons. The van der Waals surface area contributed by atoms with Crippen molar-refractivity contribution in [2.24, 2.45) is 0 Å². The third kappa shape index (κ3) is 5.57. The molecule has 0 unspecified atom stereocenters. The molecule has 0 saturated carbocycles. The Hall–Kier alpha value is -7.68. The van der Waals surface area contributed by atoms with E-state index in [-0.39, 0.29) is 28.4 Å². The number of nitrogens with zero attached hydrogens (tertiary/aromatic N) is 2. The maximum Gasteiger partial charge on any atom is 0.0629 e. The maximum atomic E-state index is 9.05. The van der Waals surface area contributed by atoms with Gasteiger partial charge in [-0.05, 0) is 80.9 Å². The average molecular weight is 746 g/mol. The molecule has 0 amide bonds. The molecule has 1 aromatic heterocycles. The summed E-state index contributed by atoms with van der Waals surface area (Å²) in [5, 5.41) is 4.57. The van der Waals surface area contributed by atoms with E-state index in [1.54, 1.807) is 0 Å². The van der Waals surface area contributed by atoms with Gasteiger partial charge in [0.25, 0.3) is 0 Å². The van der Waals surface area contributed by atoms with Gasteiger partial charge in [0.1, 0.15) is 0 Å². The van der Waals surface area contributed by atoms with Gasteiger partial charge in [0, 0.05) is 33.0 Å². The topological polar surface area (TPSA) is 8.17 Å². The monoisotopic (exact) mass is 745 g/mol. The molecule has 1 heterocycles. The van der Waals surface area contributed by atoms with Crippen molar-refractivity contribution in [1.29, 1.82) is 0 Å². The number of anilines is 3. The van der Waals surface area contributed by atoms with E-state index in [1.807, 2.05) is 54.6 Å². The molecule has 10 aromatic carbocycles. The summed E-state index contributed by atoms with van der Waals surface area (Å²) in [6, 6.07) is 61.9. The van der Waals surface area contributed by atoms with Gasteiger partial charge in [-0.15, -0.1) is 0 Å². The molecule has 0 N–H and O–H groups in total. The second-order valence-electron chi connectivity index (χ2n) is 14.3. The standard InChI is InChI=1S/C56H38N2/c1-2-17-40(18-3-1)46-25-8-11-30-51(46)57(43-37-35-42(36-38-43)45-28-14-21-39-19-4-6-23-44(39)45)53-31-12-9-26-48(53)49-29-16-34-55-56(49)50-27-10-13-32-54(50)58(55)52-33-15-22-41-20-5-7-24-47(41)52/h1-38H/i4D,6D,14D,19D,21D,23D,28D. The van der Waals surface area contributed by atoms with Crippen LogP contribution in [-0.2, 0) is 0 Å². The first-order valence-electron chi connectivity index (χ1n) is 22.9. The van der Waals surface area contributed by atoms with E-state index >= 15 is 0 Å². The van der Waals surface area contributed by atoms with Crippen LogP contribution in [0.4, 0.5) is 17.1 Å². The molecular weight excluding hydrogens is 701 g/mol. The molecular formula is C56H38N2. The highest BCUT2D eigenvalue weighted by Gasteiger charge is 2.23. The van der Waals surface area contributed by atoms with Crippen LogP contribution in [0.5, 0.6) is 0 Å². The van der Waals surface area contributed by atoms with Gasteiger partial charge >= 0.3 is 0 Å². The molecule has 0 atom stereocenters. The Labute approximate surface area is 348 Å². The SMILES string of the molecule is [2H]c1c([2H])c([2H])c2c(-c3ccc(N(c4ccccc4-c4ccccc4)c4ccccc4-c4cccc5c4c4ccccc4n5-c4cccc5ccccc45)cc3)c([2H])c([2H])c([2H])c2c1[2H]. The van der Waals surface area contributed by atoms with Crippen LogP contribution in [0, 0.1) is 0 Å². The molecule has 2 nitrogen and oxygen atoms in total. The summed E-state index contributed by atoms with van der Waals surface area (Å²) >= 11 is 0. The number of benzene rings is 10. The molecule has 0 bridgehead atoms. The summed E-state index contributed by atoms with van der Waals surface area (Å²) in [6.45, 7) is 0. The minimum Gasteiger partial charge on any atom is -0.309 e. The largest absolute Gasteiger partial charge is 0.309 e. The highest BCUT2D eigenvalue weighted by atomic mass is 15.1. The van der Waals surface area contributed by atoms with Crippen LogP contribution in [0.15, 0.2) is 230 Å². The number of aromatic nitrogens is 1. The van der Waals surface area contributed by atoms with Gasteiger partial charge in [-0.3, -0.25) is 0 Å². The van der Waals surface area contributed by atoms with Crippen LogP contribution >= 0.6 is 0 Å². The van der Waals surface area contributed by atoms with Crippen molar-refractivity contribution in [3.63, 3.8) is 0 Å². The van der Waals surface area contributed by atoms with Crippen LogP contribution in [0.3, 0.4) is 0 Å². The fourth-order valence-electron chi connectivity index (χ4n) is 8.55. The third-order valence-corrected chi connectivity index (χ3v) is 11.1. The second-order valence-corrected chi connectivity index (χ2v) is 14.3. The predicted molar refractivity (Wildman–Crippen MR) is 247 cm³/mol. The van der Waals surface area contributed by atoms with Gasteiger partial charge in [0.15, 0.2) is 0 Å². The van der Waals surface area contributed by atoms with Gasteiger partial charge < -0.3 is 9.47 Å². The third-order valence-electron chi connectivity index (χ3n) is 11.1. The van der Waals surface area contributed by atoms with E-state index in [0.29, 0.717) is 5.56 Å². The van der Waals surface area contributed by atoms with Crippen molar-refractivity contribution >= 4 is 60.4 Å². The first-order valence-corrected chi connectivity index (χ1v) is 19.4. The summed E-state index contributed by atoms with van der Waals surface area (Å²) in [4.78, 5) is 2.25. The minimum atomic E-state index is -0.477. The first kappa shape index (κ1) is 27.0. The Morgan fingerprint density at radius 1 is 0.362 bits per heavy atom. The summed E-state index contributed by atoms with van der Waals surface area (Å²) in [6.07, 6.45) is 0. The Morgan fingerprint density at radius 2 is 0.966 bits per heavy atom. The molecule has 0 aliphatic heterocycles. The van der Waals surface area contributed by atoms with E-state index in [2.05, 4.69) is 143 Å². The fraction of sp³-hybridized carbons (Fsp3) is 0. The lowest BCUT2D eigenvalue weighted by molar-refractivity contribution is 1.20. The highest BCUT2D eigenvalue weighted by Crippen LogP contribution is 2.48. The van der Waals surface area contributed by atoms with E-state index in [1.165, 1.54) is 5.39 Å². The normalized spacial score (nSPS) is 13.1. The average Bonchev–Trinajstić information content (AvgIpc) is 3.69. The molecule has 0 fully saturated rings. The van der Waals surface area contributed by atoms with Crippen LogP contribution in [0.2, 0.25) is 0 Å². The number of rotatable bonds is 7. The van der Waals surface area contributed by atoms with Crippen LogP contribution in [0.25, 0.3) is 82.4 Å². The second kappa shape index (κ2) is 14.1. The zero-order chi connectivity index (χ0) is 44.5. The van der Waals surface area contributed by atoms with Crippen molar-refractivity contribution < 1.29 is 9.60 Å². The van der Waals surface area contributed by atoms with Gasteiger partial charge in [-0.25, -0.2) is 0 Å². The Balaban J connectivity index is 1.16. The molecule has 2 heteroatoms. The molecule has 0 spiro atoms. The summed E-state index contributed by atoms with van der Waals surface area (Å²) in [5.74, 6) is 0. The lowest BCUT2D eigenvalue weighted by Gasteiger charge is -2.30. The Morgan fingerprint density at radius 3 is 1.83 bits per heavy atom.